The molecule has 1 unspecified atom stereocenters. The van der Waals surface area contributed by atoms with E-state index in [1.807, 2.05) is 0 Å². The lowest BCUT2D eigenvalue weighted by Gasteiger charge is -2.23. The van der Waals surface area contributed by atoms with Gasteiger partial charge in [0, 0.05) is 11.3 Å². The Bertz CT molecular complexity index is 1710. The van der Waals surface area contributed by atoms with Crippen LogP contribution in [-0.4, -0.2) is 47.8 Å². The van der Waals surface area contributed by atoms with Crippen molar-refractivity contribution < 1.29 is 33.3 Å². The molecule has 1 N–H and O–H groups in total. The van der Waals surface area contributed by atoms with E-state index in [1.165, 1.54) is 43.0 Å². The van der Waals surface area contributed by atoms with Gasteiger partial charge in [-0.05, 0) is 72.0 Å². The summed E-state index contributed by atoms with van der Waals surface area (Å²) in [5.74, 6) is 0.0963. The number of amides is 1. The number of methoxy groups -OCH3 is 2. The van der Waals surface area contributed by atoms with Gasteiger partial charge in [0.2, 0.25) is 5.13 Å². The van der Waals surface area contributed by atoms with Gasteiger partial charge in [0.1, 0.15) is 17.3 Å². The second kappa shape index (κ2) is 14.1. The largest absolute Gasteiger partial charge is 0.507 e. The number of hydrogen-bond donors (Lipinski definition) is 1. The Kier molecular flexibility index (Phi) is 10.0. The van der Waals surface area contributed by atoms with Gasteiger partial charge in [0.25, 0.3) is 5.78 Å². The quantitative estimate of drug-likeness (QED) is 0.0568. The molecule has 234 valence electrons. The maximum absolute atomic E-state index is 13.6. The molecule has 3 aromatic carbocycles. The molecular formula is C33H32FN3O6S2. The number of anilines is 1. The summed E-state index contributed by atoms with van der Waals surface area (Å²) in [6, 6.07) is 16.8. The average Bonchev–Trinajstić information content (AvgIpc) is 3.62. The second-order valence-corrected chi connectivity index (χ2v) is 12.8. The van der Waals surface area contributed by atoms with Crippen molar-refractivity contribution in [1.29, 1.82) is 0 Å². The molecule has 1 aliphatic rings. The number of thioether (sulfide) groups is 1. The van der Waals surface area contributed by atoms with Crippen molar-refractivity contribution in [3.63, 3.8) is 0 Å². The number of ketones is 1. The first kappa shape index (κ1) is 32.0. The van der Waals surface area contributed by atoms with Crippen LogP contribution < -0.4 is 19.1 Å². The van der Waals surface area contributed by atoms with Crippen LogP contribution >= 0.6 is 23.1 Å². The van der Waals surface area contributed by atoms with E-state index < -0.39 is 17.7 Å². The molecule has 1 atom stereocenters. The summed E-state index contributed by atoms with van der Waals surface area (Å²) in [5.41, 5.74) is 1.64. The smallest absolute Gasteiger partial charge is 0.301 e. The van der Waals surface area contributed by atoms with Crippen molar-refractivity contribution in [3.8, 4) is 17.2 Å². The lowest BCUT2D eigenvalue weighted by Crippen LogP contribution is -2.29. The number of carbonyl (C=O) groups excluding carboxylic acids is 2. The third kappa shape index (κ3) is 7.12. The zero-order valence-electron chi connectivity index (χ0n) is 25.2. The minimum Gasteiger partial charge on any atom is -0.507 e. The summed E-state index contributed by atoms with van der Waals surface area (Å²) in [5, 5.41) is 20.2. The van der Waals surface area contributed by atoms with E-state index in [4.69, 9.17) is 14.2 Å². The molecule has 9 nitrogen and oxygen atoms in total. The molecule has 2 heterocycles. The molecule has 5 rings (SSSR count). The molecule has 0 bridgehead atoms. The fourth-order valence-corrected chi connectivity index (χ4v) is 6.53. The van der Waals surface area contributed by atoms with E-state index >= 15 is 0 Å². The van der Waals surface area contributed by atoms with Gasteiger partial charge in [-0.2, -0.15) is 0 Å². The molecule has 1 fully saturated rings. The Hall–Kier alpha value is -4.42. The molecule has 45 heavy (non-hydrogen) atoms. The number of halogens is 1. The van der Waals surface area contributed by atoms with Crippen molar-refractivity contribution in [2.75, 3.05) is 25.7 Å². The van der Waals surface area contributed by atoms with Gasteiger partial charge in [-0.3, -0.25) is 14.5 Å². The van der Waals surface area contributed by atoms with Crippen LogP contribution in [0.25, 0.3) is 5.76 Å². The first-order valence-corrected chi connectivity index (χ1v) is 16.0. The van der Waals surface area contributed by atoms with Gasteiger partial charge in [-0.1, -0.05) is 55.1 Å². The minimum atomic E-state index is -1.03. The Morgan fingerprint density at radius 3 is 2.40 bits per heavy atom. The summed E-state index contributed by atoms with van der Waals surface area (Å²) >= 11 is 2.51. The Labute approximate surface area is 268 Å². The predicted octanol–water partition coefficient (Wildman–Crippen LogP) is 7.04. The maximum atomic E-state index is 13.6. The highest BCUT2D eigenvalue weighted by molar-refractivity contribution is 8.00. The van der Waals surface area contributed by atoms with E-state index in [-0.39, 0.29) is 22.3 Å². The summed E-state index contributed by atoms with van der Waals surface area (Å²) in [7, 11) is 3.04. The minimum absolute atomic E-state index is 0.101. The van der Waals surface area contributed by atoms with E-state index in [0.717, 1.165) is 23.3 Å². The van der Waals surface area contributed by atoms with Gasteiger partial charge in [0.15, 0.2) is 15.8 Å². The summed E-state index contributed by atoms with van der Waals surface area (Å²) in [4.78, 5) is 28.5. The first-order chi connectivity index (χ1) is 21.7. The van der Waals surface area contributed by atoms with Crippen LogP contribution in [0.3, 0.4) is 0 Å². The van der Waals surface area contributed by atoms with E-state index in [0.29, 0.717) is 51.0 Å². The van der Waals surface area contributed by atoms with Crippen LogP contribution in [0.15, 0.2) is 76.6 Å². The molecule has 1 amide bonds. The molecular weight excluding hydrogens is 618 g/mol. The zero-order valence-corrected chi connectivity index (χ0v) is 26.8. The molecule has 0 radical (unpaired) electrons. The summed E-state index contributed by atoms with van der Waals surface area (Å²) in [6.07, 6.45) is 0.853. The van der Waals surface area contributed by atoms with Crippen LogP contribution in [-0.2, 0) is 15.3 Å². The molecule has 1 aliphatic heterocycles. The second-order valence-electron chi connectivity index (χ2n) is 10.6. The van der Waals surface area contributed by atoms with Gasteiger partial charge >= 0.3 is 5.91 Å². The highest BCUT2D eigenvalue weighted by Crippen LogP contribution is 2.45. The molecule has 0 aliphatic carbocycles. The van der Waals surface area contributed by atoms with Gasteiger partial charge in [-0.25, -0.2) is 4.39 Å². The first-order valence-electron chi connectivity index (χ1n) is 14.2. The standard InChI is InChI=1S/C33H32FN3O6S2/c1-19(2)15-16-43-25-14-9-22(17-26(25)42-4)28-27(29(38)21-7-12-24(41-3)13-8-21)30(39)31(40)37(28)32-35-36-33(45-32)44-18-20-5-10-23(34)11-6-20/h5-14,17,19,28,38H,15-16,18H2,1-4H3/b29-27-. The highest BCUT2D eigenvalue weighted by atomic mass is 32.2. The van der Waals surface area contributed by atoms with E-state index in [2.05, 4.69) is 24.0 Å². The lowest BCUT2D eigenvalue weighted by molar-refractivity contribution is -0.132. The number of rotatable bonds is 12. The van der Waals surface area contributed by atoms with Gasteiger partial charge in [0.05, 0.1) is 32.4 Å². The lowest BCUT2D eigenvalue weighted by atomic mass is 9.95. The van der Waals surface area contributed by atoms with Gasteiger partial charge < -0.3 is 19.3 Å². The zero-order chi connectivity index (χ0) is 32.1. The number of ether oxygens (including phenoxy) is 3. The molecule has 1 saturated heterocycles. The van der Waals surface area contributed by atoms with Crippen LogP contribution in [0.1, 0.15) is 43.0 Å². The molecule has 0 saturated carbocycles. The normalized spacial score (nSPS) is 16.0. The van der Waals surface area contributed by atoms with Crippen molar-refractivity contribution in [2.24, 2.45) is 5.92 Å². The van der Waals surface area contributed by atoms with Crippen LogP contribution in [0.2, 0.25) is 0 Å². The Morgan fingerprint density at radius 2 is 1.73 bits per heavy atom. The topological polar surface area (TPSA) is 111 Å². The third-order valence-corrected chi connectivity index (χ3v) is 9.27. The number of aliphatic hydroxyl groups is 1. The van der Waals surface area contributed by atoms with Crippen LogP contribution in [0.5, 0.6) is 17.2 Å². The highest BCUT2D eigenvalue weighted by Gasteiger charge is 2.48. The number of aliphatic hydroxyl groups excluding tert-OH is 1. The Morgan fingerprint density at radius 1 is 1.00 bits per heavy atom. The number of Topliss-reactive ketones (excluding diaryl/α,β-unsaturated/α-hetero) is 1. The number of nitrogens with zero attached hydrogens (tertiary/aromatic N) is 3. The van der Waals surface area contributed by atoms with E-state index in [9.17, 15) is 19.1 Å². The SMILES string of the molecule is COc1ccc(/C(O)=C2/C(=O)C(=O)N(c3nnc(SCc4ccc(F)cc4)s3)C2c2ccc(OCCC(C)C)c(OC)c2)cc1. The fourth-order valence-electron chi connectivity index (χ4n) is 4.71. The number of aromatic nitrogens is 2. The van der Waals surface area contributed by atoms with Crippen LogP contribution in [0.4, 0.5) is 9.52 Å². The van der Waals surface area contributed by atoms with Crippen molar-refractivity contribution >= 4 is 45.7 Å². The fraction of sp³-hybridized carbons (Fsp3) is 0.273. The number of benzene rings is 3. The average molecular weight is 650 g/mol. The molecule has 12 heteroatoms. The predicted molar refractivity (Wildman–Crippen MR) is 172 cm³/mol. The molecule has 4 aromatic rings. The molecule has 0 spiro atoms. The van der Waals surface area contributed by atoms with Crippen molar-refractivity contribution in [2.45, 2.75) is 36.4 Å². The summed E-state index contributed by atoms with van der Waals surface area (Å²) < 4.78 is 30.7. The van der Waals surface area contributed by atoms with Gasteiger partial charge in [-0.15, -0.1) is 10.2 Å². The maximum Gasteiger partial charge on any atom is 0.301 e. The molecule has 1 aromatic heterocycles. The summed E-state index contributed by atoms with van der Waals surface area (Å²) in [6.45, 7) is 4.71. The van der Waals surface area contributed by atoms with Crippen molar-refractivity contribution in [1.82, 2.24) is 10.2 Å². The third-order valence-electron chi connectivity index (χ3n) is 7.14. The van der Waals surface area contributed by atoms with E-state index in [1.54, 1.807) is 54.6 Å². The Balaban J connectivity index is 1.54. The number of hydrogen-bond acceptors (Lipinski definition) is 10. The van der Waals surface area contributed by atoms with Crippen LogP contribution in [0, 0.1) is 11.7 Å². The van der Waals surface area contributed by atoms with Crippen molar-refractivity contribution in [3.05, 3.63) is 94.8 Å². The monoisotopic (exact) mass is 649 g/mol. The number of carbonyl (C=O) groups is 2.